The average Bonchev–Trinajstić information content (AvgIpc) is 2.72. The van der Waals surface area contributed by atoms with Crippen LogP contribution in [0.15, 0.2) is 47.3 Å². The van der Waals surface area contributed by atoms with E-state index < -0.39 is 0 Å². The third-order valence-electron chi connectivity index (χ3n) is 2.11. The van der Waals surface area contributed by atoms with Crippen molar-refractivity contribution >= 4 is 0 Å². The van der Waals surface area contributed by atoms with E-state index in [1.54, 1.807) is 18.7 Å². The van der Waals surface area contributed by atoms with Gasteiger partial charge in [-0.1, -0.05) is 0 Å². The minimum atomic E-state index is -0.0765. The van der Waals surface area contributed by atoms with E-state index in [-0.39, 0.29) is 6.04 Å². The van der Waals surface area contributed by atoms with Crippen LogP contribution in [-0.4, -0.2) is 4.98 Å². The molecule has 14 heavy (non-hydrogen) atoms. The molecule has 3 nitrogen and oxygen atoms in total. The lowest BCUT2D eigenvalue weighted by molar-refractivity contribution is 0.464. The zero-order valence-electron chi connectivity index (χ0n) is 7.76. The first-order valence-corrected chi connectivity index (χ1v) is 4.54. The molecule has 0 aromatic carbocycles. The second kappa shape index (κ2) is 4.07. The standard InChI is InChI=1S/C11H12N2O/c12-10(11-2-1-7-14-11)8-9-3-5-13-6-4-9/h1-7,10H,8,12H2/t10-/m1/s1. The molecule has 0 unspecified atom stereocenters. The monoisotopic (exact) mass is 188 g/mol. The highest BCUT2D eigenvalue weighted by molar-refractivity contribution is 5.14. The van der Waals surface area contributed by atoms with Gasteiger partial charge < -0.3 is 10.2 Å². The lowest BCUT2D eigenvalue weighted by atomic mass is 10.1. The van der Waals surface area contributed by atoms with Gasteiger partial charge in [-0.2, -0.15) is 0 Å². The Morgan fingerprint density at radius 3 is 2.71 bits per heavy atom. The number of hydrogen-bond donors (Lipinski definition) is 1. The fourth-order valence-corrected chi connectivity index (χ4v) is 1.38. The normalized spacial score (nSPS) is 12.6. The quantitative estimate of drug-likeness (QED) is 0.800. The van der Waals surface area contributed by atoms with Gasteiger partial charge in [-0.15, -0.1) is 0 Å². The summed E-state index contributed by atoms with van der Waals surface area (Å²) in [4.78, 5) is 3.95. The number of rotatable bonds is 3. The van der Waals surface area contributed by atoms with E-state index in [1.165, 1.54) is 5.56 Å². The average molecular weight is 188 g/mol. The van der Waals surface area contributed by atoms with Gasteiger partial charge in [0, 0.05) is 12.4 Å². The molecule has 0 aliphatic rings. The summed E-state index contributed by atoms with van der Waals surface area (Å²) in [5, 5.41) is 0. The molecule has 0 bridgehead atoms. The van der Waals surface area contributed by atoms with Gasteiger partial charge in [0.1, 0.15) is 5.76 Å². The highest BCUT2D eigenvalue weighted by atomic mass is 16.3. The predicted octanol–water partition coefficient (Wildman–Crippen LogP) is 1.92. The maximum Gasteiger partial charge on any atom is 0.120 e. The molecule has 2 heterocycles. The Labute approximate surface area is 82.6 Å². The molecule has 0 saturated heterocycles. The maximum atomic E-state index is 5.96. The lowest BCUT2D eigenvalue weighted by Crippen LogP contribution is -2.12. The fraction of sp³-hybridized carbons (Fsp3) is 0.182. The summed E-state index contributed by atoms with van der Waals surface area (Å²) in [7, 11) is 0. The summed E-state index contributed by atoms with van der Waals surface area (Å²) in [6, 6.07) is 7.59. The zero-order valence-corrected chi connectivity index (χ0v) is 7.76. The Morgan fingerprint density at radius 2 is 2.07 bits per heavy atom. The van der Waals surface area contributed by atoms with E-state index in [0.29, 0.717) is 0 Å². The van der Waals surface area contributed by atoms with Gasteiger partial charge in [-0.25, -0.2) is 0 Å². The molecule has 72 valence electrons. The number of pyridine rings is 1. The van der Waals surface area contributed by atoms with Crippen LogP contribution in [0.1, 0.15) is 17.4 Å². The SMILES string of the molecule is N[C@H](Cc1ccncc1)c1ccco1. The third kappa shape index (κ3) is 2.00. The maximum absolute atomic E-state index is 5.96. The van der Waals surface area contributed by atoms with Crippen LogP contribution in [0, 0.1) is 0 Å². The number of nitrogens with zero attached hydrogens (tertiary/aromatic N) is 1. The molecule has 0 radical (unpaired) electrons. The van der Waals surface area contributed by atoms with Crippen LogP contribution in [0.4, 0.5) is 0 Å². The van der Waals surface area contributed by atoms with Crippen molar-refractivity contribution < 1.29 is 4.42 Å². The van der Waals surface area contributed by atoms with Gasteiger partial charge in [0.2, 0.25) is 0 Å². The number of nitrogens with two attached hydrogens (primary N) is 1. The number of hydrogen-bond acceptors (Lipinski definition) is 3. The summed E-state index contributed by atoms with van der Waals surface area (Å²) in [5.41, 5.74) is 7.13. The van der Waals surface area contributed by atoms with Crippen molar-refractivity contribution in [2.75, 3.05) is 0 Å². The van der Waals surface area contributed by atoms with Crippen molar-refractivity contribution in [2.45, 2.75) is 12.5 Å². The topological polar surface area (TPSA) is 52.0 Å². The van der Waals surface area contributed by atoms with Gasteiger partial charge in [0.25, 0.3) is 0 Å². The van der Waals surface area contributed by atoms with Crippen molar-refractivity contribution in [1.29, 1.82) is 0 Å². The van der Waals surface area contributed by atoms with Crippen LogP contribution in [0.3, 0.4) is 0 Å². The Morgan fingerprint density at radius 1 is 1.29 bits per heavy atom. The molecule has 2 aromatic heterocycles. The largest absolute Gasteiger partial charge is 0.468 e. The Hall–Kier alpha value is -1.61. The first-order chi connectivity index (χ1) is 6.86. The molecule has 0 spiro atoms. The van der Waals surface area contributed by atoms with Crippen molar-refractivity contribution in [3.63, 3.8) is 0 Å². The van der Waals surface area contributed by atoms with Crippen LogP contribution in [0.2, 0.25) is 0 Å². The Balaban J connectivity index is 2.06. The van der Waals surface area contributed by atoms with Crippen molar-refractivity contribution in [1.82, 2.24) is 4.98 Å². The van der Waals surface area contributed by atoms with E-state index in [1.807, 2.05) is 24.3 Å². The molecule has 0 aliphatic carbocycles. The molecule has 2 aromatic rings. The van der Waals surface area contributed by atoms with E-state index in [4.69, 9.17) is 10.2 Å². The van der Waals surface area contributed by atoms with E-state index in [9.17, 15) is 0 Å². The van der Waals surface area contributed by atoms with Crippen LogP contribution in [0.25, 0.3) is 0 Å². The van der Waals surface area contributed by atoms with Crippen LogP contribution in [-0.2, 0) is 6.42 Å². The highest BCUT2D eigenvalue weighted by Crippen LogP contribution is 2.15. The third-order valence-corrected chi connectivity index (χ3v) is 2.11. The molecule has 3 heteroatoms. The highest BCUT2D eigenvalue weighted by Gasteiger charge is 2.08. The van der Waals surface area contributed by atoms with Crippen molar-refractivity contribution in [2.24, 2.45) is 5.73 Å². The molecule has 0 fully saturated rings. The second-order valence-corrected chi connectivity index (χ2v) is 3.18. The zero-order chi connectivity index (χ0) is 9.80. The summed E-state index contributed by atoms with van der Waals surface area (Å²) >= 11 is 0. The molecule has 1 atom stereocenters. The van der Waals surface area contributed by atoms with Crippen LogP contribution < -0.4 is 5.73 Å². The molecule has 0 amide bonds. The molecular weight excluding hydrogens is 176 g/mol. The van der Waals surface area contributed by atoms with Crippen molar-refractivity contribution in [3.8, 4) is 0 Å². The number of aromatic nitrogens is 1. The van der Waals surface area contributed by atoms with E-state index in [0.717, 1.165) is 12.2 Å². The first-order valence-electron chi connectivity index (χ1n) is 4.54. The molecule has 2 rings (SSSR count). The van der Waals surface area contributed by atoms with E-state index >= 15 is 0 Å². The predicted molar refractivity (Wildman–Crippen MR) is 53.6 cm³/mol. The molecule has 0 aliphatic heterocycles. The Kier molecular flexibility index (Phi) is 2.60. The fourth-order valence-electron chi connectivity index (χ4n) is 1.38. The first kappa shape index (κ1) is 8.97. The second-order valence-electron chi connectivity index (χ2n) is 3.18. The van der Waals surface area contributed by atoms with Gasteiger partial charge in [0.05, 0.1) is 12.3 Å². The van der Waals surface area contributed by atoms with E-state index in [2.05, 4.69) is 4.98 Å². The minimum Gasteiger partial charge on any atom is -0.468 e. The summed E-state index contributed by atoms with van der Waals surface area (Å²) in [5.74, 6) is 0.821. The van der Waals surface area contributed by atoms with Gasteiger partial charge in [-0.3, -0.25) is 4.98 Å². The molecule has 2 N–H and O–H groups in total. The minimum absolute atomic E-state index is 0.0765. The summed E-state index contributed by atoms with van der Waals surface area (Å²) in [6.07, 6.45) is 5.95. The summed E-state index contributed by atoms with van der Waals surface area (Å²) in [6.45, 7) is 0. The summed E-state index contributed by atoms with van der Waals surface area (Å²) < 4.78 is 5.23. The molecular formula is C11H12N2O. The van der Waals surface area contributed by atoms with Gasteiger partial charge >= 0.3 is 0 Å². The lowest BCUT2D eigenvalue weighted by Gasteiger charge is -2.07. The van der Waals surface area contributed by atoms with Gasteiger partial charge in [0.15, 0.2) is 0 Å². The van der Waals surface area contributed by atoms with Gasteiger partial charge in [-0.05, 0) is 36.2 Å². The molecule has 0 saturated carbocycles. The smallest absolute Gasteiger partial charge is 0.120 e. The Bertz CT molecular complexity index is 369. The number of furan rings is 1. The van der Waals surface area contributed by atoms with Crippen molar-refractivity contribution in [3.05, 3.63) is 54.2 Å². The van der Waals surface area contributed by atoms with Crippen LogP contribution >= 0.6 is 0 Å². The van der Waals surface area contributed by atoms with Crippen LogP contribution in [0.5, 0.6) is 0 Å².